The number of aryl methyl sites for hydroxylation is 1. The van der Waals surface area contributed by atoms with Crippen molar-refractivity contribution in [2.24, 2.45) is 0 Å². The van der Waals surface area contributed by atoms with Crippen LogP contribution in [0.15, 0.2) is 24.3 Å². The summed E-state index contributed by atoms with van der Waals surface area (Å²) < 4.78 is 9.66. The van der Waals surface area contributed by atoms with Crippen molar-refractivity contribution >= 4 is 51.3 Å². The van der Waals surface area contributed by atoms with Gasteiger partial charge < -0.3 is 20.1 Å². The molecule has 150 valence electrons. The van der Waals surface area contributed by atoms with Crippen LogP contribution in [0.2, 0.25) is 0 Å². The summed E-state index contributed by atoms with van der Waals surface area (Å²) in [5.41, 5.74) is 2.85. The molecule has 0 saturated carbocycles. The highest BCUT2D eigenvalue weighted by Gasteiger charge is 2.26. The monoisotopic (exact) mass is 420 g/mol. The third kappa shape index (κ3) is 5.08. The lowest BCUT2D eigenvalue weighted by Gasteiger charge is -2.14. The van der Waals surface area contributed by atoms with Gasteiger partial charge in [-0.05, 0) is 49.2 Å². The number of esters is 2. The van der Waals surface area contributed by atoms with E-state index in [9.17, 15) is 9.59 Å². The average molecular weight is 421 g/mol. The minimum absolute atomic E-state index is 0.274. The van der Waals surface area contributed by atoms with E-state index in [1.807, 2.05) is 18.2 Å². The van der Waals surface area contributed by atoms with E-state index in [0.29, 0.717) is 20.6 Å². The maximum Gasteiger partial charge on any atom is 0.348 e. The molecule has 0 unspecified atom stereocenters. The molecule has 0 amide bonds. The summed E-state index contributed by atoms with van der Waals surface area (Å²) in [6.45, 7) is 3.82. The van der Waals surface area contributed by atoms with Gasteiger partial charge in [0.1, 0.15) is 9.88 Å². The summed E-state index contributed by atoms with van der Waals surface area (Å²) in [6, 6.07) is 7.95. The molecule has 1 heterocycles. The fourth-order valence-corrected chi connectivity index (χ4v) is 4.12. The number of carbonyl (C=O) groups is 2. The Morgan fingerprint density at radius 3 is 2.43 bits per heavy atom. The van der Waals surface area contributed by atoms with E-state index in [4.69, 9.17) is 21.7 Å². The van der Waals surface area contributed by atoms with E-state index in [2.05, 4.69) is 23.6 Å². The molecule has 0 aliphatic rings. The summed E-state index contributed by atoms with van der Waals surface area (Å²) in [5.74, 6) is -1.05. The number of benzene rings is 1. The van der Waals surface area contributed by atoms with Gasteiger partial charge >= 0.3 is 11.9 Å². The first-order chi connectivity index (χ1) is 13.4. The quantitative estimate of drug-likeness (QED) is 0.493. The van der Waals surface area contributed by atoms with E-state index < -0.39 is 11.9 Å². The zero-order valence-electron chi connectivity index (χ0n) is 16.4. The van der Waals surface area contributed by atoms with Crippen LogP contribution >= 0.6 is 23.6 Å². The Balaban J connectivity index is 2.27. The van der Waals surface area contributed by atoms with E-state index in [1.165, 1.54) is 19.8 Å². The van der Waals surface area contributed by atoms with Crippen LogP contribution in [0.3, 0.4) is 0 Å². The largest absolute Gasteiger partial charge is 0.465 e. The third-order valence-electron chi connectivity index (χ3n) is 4.20. The van der Waals surface area contributed by atoms with Crippen LogP contribution < -0.4 is 10.6 Å². The molecule has 0 spiro atoms. The normalized spacial score (nSPS) is 10.3. The molecule has 0 bridgehead atoms. The summed E-state index contributed by atoms with van der Waals surface area (Å²) >= 11 is 6.54. The Morgan fingerprint density at radius 1 is 1.11 bits per heavy atom. The van der Waals surface area contributed by atoms with Crippen LogP contribution in [0.4, 0.5) is 10.7 Å². The minimum Gasteiger partial charge on any atom is -0.465 e. The number of anilines is 2. The molecule has 0 radical (unpaired) electrons. The fourth-order valence-electron chi connectivity index (χ4n) is 2.72. The zero-order valence-corrected chi connectivity index (χ0v) is 18.0. The summed E-state index contributed by atoms with van der Waals surface area (Å²) in [7, 11) is 2.59. The van der Waals surface area contributed by atoms with Gasteiger partial charge in [0.05, 0.1) is 19.8 Å². The van der Waals surface area contributed by atoms with Gasteiger partial charge in [0.25, 0.3) is 0 Å². The molecule has 2 aromatic rings. The van der Waals surface area contributed by atoms with Crippen LogP contribution in [0.5, 0.6) is 0 Å². The highest BCUT2D eigenvalue weighted by molar-refractivity contribution is 7.80. The van der Waals surface area contributed by atoms with Gasteiger partial charge in [-0.1, -0.05) is 31.5 Å². The summed E-state index contributed by atoms with van der Waals surface area (Å²) in [5, 5.41) is 6.97. The smallest absolute Gasteiger partial charge is 0.348 e. The Bertz CT molecular complexity index is 877. The molecule has 6 nitrogen and oxygen atoms in total. The van der Waals surface area contributed by atoms with Crippen LogP contribution in [-0.2, 0) is 15.9 Å². The zero-order chi connectivity index (χ0) is 20.7. The molecule has 8 heteroatoms. The van der Waals surface area contributed by atoms with E-state index >= 15 is 0 Å². The highest BCUT2D eigenvalue weighted by Crippen LogP contribution is 2.34. The average Bonchev–Trinajstić information content (AvgIpc) is 3.01. The number of rotatable bonds is 7. The van der Waals surface area contributed by atoms with Crippen molar-refractivity contribution in [2.45, 2.75) is 33.1 Å². The Hall–Kier alpha value is -2.45. The van der Waals surface area contributed by atoms with Gasteiger partial charge in [0.2, 0.25) is 0 Å². The summed E-state index contributed by atoms with van der Waals surface area (Å²) in [6.07, 6.45) is 3.13. The molecule has 2 N–H and O–H groups in total. The predicted octanol–water partition coefficient (Wildman–Crippen LogP) is 4.78. The maximum atomic E-state index is 12.2. The second kappa shape index (κ2) is 10.2. The first-order valence-electron chi connectivity index (χ1n) is 8.88. The van der Waals surface area contributed by atoms with Crippen molar-refractivity contribution in [2.75, 3.05) is 24.9 Å². The van der Waals surface area contributed by atoms with E-state index in [-0.39, 0.29) is 5.56 Å². The molecular formula is C20H24N2O4S2. The van der Waals surface area contributed by atoms with Gasteiger partial charge in [-0.25, -0.2) is 9.59 Å². The lowest BCUT2D eigenvalue weighted by molar-refractivity contribution is 0.0601. The van der Waals surface area contributed by atoms with Crippen LogP contribution in [-0.4, -0.2) is 31.3 Å². The number of hydrogen-bond acceptors (Lipinski definition) is 6. The van der Waals surface area contributed by atoms with Crippen molar-refractivity contribution in [1.29, 1.82) is 0 Å². The molecule has 0 fully saturated rings. The van der Waals surface area contributed by atoms with Crippen LogP contribution in [0.25, 0.3) is 0 Å². The standard InChI is InChI=1S/C20H24N2O4S2/c1-5-6-9-13-10-7-8-11-14(13)21-20(27)22-17-15(18(23)25-3)12(2)16(28-17)19(24)26-4/h7-8,10-11H,5-6,9H2,1-4H3,(H2,21,22,27). The first-order valence-corrected chi connectivity index (χ1v) is 10.1. The second-order valence-corrected chi connectivity index (χ2v) is 7.51. The van der Waals surface area contributed by atoms with Crippen molar-refractivity contribution in [3.63, 3.8) is 0 Å². The molecule has 2 rings (SSSR count). The number of nitrogens with one attached hydrogen (secondary N) is 2. The second-order valence-electron chi connectivity index (χ2n) is 6.08. The number of thiophene rings is 1. The molecule has 28 heavy (non-hydrogen) atoms. The number of unbranched alkanes of at least 4 members (excludes halogenated alkanes) is 1. The van der Waals surface area contributed by atoms with Gasteiger partial charge in [0.15, 0.2) is 5.11 Å². The number of methoxy groups -OCH3 is 2. The number of carbonyl (C=O) groups excluding carboxylic acids is 2. The third-order valence-corrected chi connectivity index (χ3v) is 5.59. The van der Waals surface area contributed by atoms with Crippen LogP contribution in [0, 0.1) is 6.92 Å². The molecule has 0 aliphatic carbocycles. The maximum absolute atomic E-state index is 12.2. The van der Waals surface area contributed by atoms with Crippen molar-refractivity contribution in [1.82, 2.24) is 0 Å². The topological polar surface area (TPSA) is 76.7 Å². The van der Waals surface area contributed by atoms with E-state index in [0.717, 1.165) is 36.3 Å². The van der Waals surface area contributed by atoms with Gasteiger partial charge in [-0.15, -0.1) is 11.3 Å². The minimum atomic E-state index is -0.544. The Morgan fingerprint density at radius 2 is 1.79 bits per heavy atom. The SMILES string of the molecule is CCCCc1ccccc1NC(=S)Nc1sc(C(=O)OC)c(C)c1C(=O)OC. The van der Waals surface area contributed by atoms with Crippen molar-refractivity contribution in [3.8, 4) is 0 Å². The lowest BCUT2D eigenvalue weighted by atomic mass is 10.1. The van der Waals surface area contributed by atoms with Gasteiger partial charge in [-0.3, -0.25) is 0 Å². The number of thiocarbonyl (C=S) groups is 1. The first kappa shape index (κ1) is 21.8. The molecule has 0 saturated heterocycles. The Labute approximate surface area is 174 Å². The number of para-hydroxylation sites is 1. The number of ether oxygens (including phenoxy) is 2. The predicted molar refractivity (Wildman–Crippen MR) is 117 cm³/mol. The van der Waals surface area contributed by atoms with E-state index in [1.54, 1.807) is 6.92 Å². The van der Waals surface area contributed by atoms with Crippen molar-refractivity contribution < 1.29 is 19.1 Å². The van der Waals surface area contributed by atoms with Crippen LogP contribution in [0.1, 0.15) is 50.9 Å². The summed E-state index contributed by atoms with van der Waals surface area (Å²) in [4.78, 5) is 24.5. The van der Waals surface area contributed by atoms with Gasteiger partial charge in [0, 0.05) is 5.69 Å². The van der Waals surface area contributed by atoms with Gasteiger partial charge in [-0.2, -0.15) is 0 Å². The molecule has 1 aromatic carbocycles. The molecule has 1 aromatic heterocycles. The molecule has 0 atom stereocenters. The fraction of sp³-hybridized carbons (Fsp3) is 0.350. The highest BCUT2D eigenvalue weighted by atomic mass is 32.1. The molecule has 0 aliphatic heterocycles. The molecular weight excluding hydrogens is 396 g/mol. The lowest BCUT2D eigenvalue weighted by Crippen LogP contribution is -2.21. The van der Waals surface area contributed by atoms with Crippen molar-refractivity contribution in [3.05, 3.63) is 45.8 Å². The Kier molecular flexibility index (Phi) is 7.95. The number of hydrogen-bond donors (Lipinski definition) is 2.